The van der Waals surface area contributed by atoms with Crippen molar-refractivity contribution in [2.24, 2.45) is 11.1 Å². The van der Waals surface area contributed by atoms with Gasteiger partial charge in [0.1, 0.15) is 24.5 Å². The number of ether oxygens (including phenoxy) is 1. The number of halogens is 1. The van der Waals surface area contributed by atoms with Crippen LogP contribution in [0, 0.1) is 9.49 Å². The second-order valence-corrected chi connectivity index (χ2v) is 11.2. The van der Waals surface area contributed by atoms with Gasteiger partial charge in [-0.1, -0.05) is 12.1 Å². The summed E-state index contributed by atoms with van der Waals surface area (Å²) in [6, 6.07) is 9.62. The van der Waals surface area contributed by atoms with Crippen LogP contribution in [0.4, 0.5) is 5.82 Å². The number of hydrogen-bond donors (Lipinski definition) is 2. The Balaban J connectivity index is 1.39. The highest BCUT2D eigenvalue weighted by Crippen LogP contribution is 2.30. The van der Waals surface area contributed by atoms with Crippen molar-refractivity contribution in [3.05, 3.63) is 67.8 Å². The lowest BCUT2D eigenvalue weighted by molar-refractivity contribution is 0.104. The fourth-order valence-electron chi connectivity index (χ4n) is 3.78. The molecule has 0 saturated heterocycles. The zero-order chi connectivity index (χ0) is 24.1. The second kappa shape index (κ2) is 11.1. The molecule has 3 aromatic rings. The highest BCUT2D eigenvalue weighted by atomic mass is 127. The number of rotatable bonds is 10. The fraction of sp³-hybridized carbons (Fsp3) is 0.318. The van der Waals surface area contributed by atoms with Crippen molar-refractivity contribution in [2.75, 3.05) is 11.9 Å². The minimum Gasteiger partial charge on any atom is -0.488 e. The van der Waals surface area contributed by atoms with Gasteiger partial charge >= 0.3 is 10.3 Å². The van der Waals surface area contributed by atoms with Gasteiger partial charge in [-0.25, -0.2) is 15.1 Å². The summed E-state index contributed by atoms with van der Waals surface area (Å²) in [6.07, 6.45) is 5.18. The molecule has 0 aliphatic heterocycles. The Labute approximate surface area is 215 Å². The van der Waals surface area contributed by atoms with Crippen molar-refractivity contribution in [1.82, 2.24) is 9.97 Å². The third-order valence-electron chi connectivity index (χ3n) is 5.42. The Morgan fingerprint density at radius 2 is 2.12 bits per heavy atom. The Kier molecular flexibility index (Phi) is 8.14. The molecule has 1 fully saturated rings. The maximum Gasteiger partial charge on any atom is 0.333 e. The van der Waals surface area contributed by atoms with Crippen LogP contribution in [0.15, 0.2) is 48.2 Å². The summed E-state index contributed by atoms with van der Waals surface area (Å²) < 4.78 is 33.7. The van der Waals surface area contributed by atoms with Crippen LogP contribution in [0.3, 0.4) is 0 Å². The number of aromatic nitrogens is 2. The van der Waals surface area contributed by atoms with Crippen LogP contribution >= 0.6 is 33.9 Å². The van der Waals surface area contributed by atoms with Crippen LogP contribution in [0.2, 0.25) is 0 Å². The molecule has 34 heavy (non-hydrogen) atoms. The maximum atomic E-state index is 13.2. The standard InChI is InChI=1S/C22H23IN4O5S2/c23-18-3-1-2-4-19(18)31-10-15-8-20(33-12-15)21(28)17-9-25-13-26-22(17)27-16-6-5-14(7-16)11-32-34(24,29)30/h1-4,8-9,12-14,16H,5-7,10-11H2,(H2,24,29,30)(H,25,26,27)/t14-,16+/m1/s1. The van der Waals surface area contributed by atoms with Crippen molar-refractivity contribution in [1.29, 1.82) is 0 Å². The first-order chi connectivity index (χ1) is 16.3. The van der Waals surface area contributed by atoms with Crippen LogP contribution in [0.5, 0.6) is 5.75 Å². The van der Waals surface area contributed by atoms with E-state index in [4.69, 9.17) is 14.1 Å². The Hall–Kier alpha value is -2.13. The molecule has 0 bridgehead atoms. The quantitative estimate of drug-likeness (QED) is 0.261. The van der Waals surface area contributed by atoms with E-state index in [0.29, 0.717) is 29.3 Å². The number of thiophene rings is 1. The van der Waals surface area contributed by atoms with E-state index in [1.165, 1.54) is 23.9 Å². The molecule has 3 N–H and O–H groups in total. The normalized spacial score (nSPS) is 18.1. The smallest absolute Gasteiger partial charge is 0.333 e. The predicted molar refractivity (Wildman–Crippen MR) is 137 cm³/mol. The van der Waals surface area contributed by atoms with Crippen LogP contribution in [0.1, 0.15) is 40.1 Å². The lowest BCUT2D eigenvalue weighted by Gasteiger charge is -2.15. The number of hydrogen-bond acceptors (Lipinski definition) is 9. The highest BCUT2D eigenvalue weighted by Gasteiger charge is 2.28. The summed E-state index contributed by atoms with van der Waals surface area (Å²) in [4.78, 5) is 22.1. The molecule has 2 aromatic heterocycles. The number of carbonyl (C=O) groups excluding carboxylic acids is 1. The lowest BCUT2D eigenvalue weighted by atomic mass is 10.1. The molecule has 1 aromatic carbocycles. The number of nitrogens with one attached hydrogen (secondary N) is 1. The van der Waals surface area contributed by atoms with Crippen LogP contribution < -0.4 is 15.2 Å². The summed E-state index contributed by atoms with van der Waals surface area (Å²) in [6.45, 7) is 0.416. The summed E-state index contributed by atoms with van der Waals surface area (Å²) in [5.41, 5.74) is 1.30. The first-order valence-electron chi connectivity index (χ1n) is 10.5. The molecule has 0 spiro atoms. The maximum absolute atomic E-state index is 13.2. The molecule has 1 saturated carbocycles. The van der Waals surface area contributed by atoms with Crippen LogP contribution in [-0.2, 0) is 21.1 Å². The van der Waals surface area contributed by atoms with Crippen LogP contribution in [-0.4, -0.2) is 36.8 Å². The Morgan fingerprint density at radius 1 is 1.29 bits per heavy atom. The van der Waals surface area contributed by atoms with Crippen molar-refractivity contribution in [3.63, 3.8) is 0 Å². The minimum absolute atomic E-state index is 0.0381. The van der Waals surface area contributed by atoms with Gasteiger partial charge in [0.25, 0.3) is 0 Å². The topological polar surface area (TPSA) is 134 Å². The monoisotopic (exact) mass is 614 g/mol. The Morgan fingerprint density at radius 3 is 2.91 bits per heavy atom. The molecule has 2 atom stereocenters. The largest absolute Gasteiger partial charge is 0.488 e. The molecule has 1 aliphatic carbocycles. The van der Waals surface area contributed by atoms with Crippen LogP contribution in [0.25, 0.3) is 0 Å². The number of ketones is 1. The molecule has 4 rings (SSSR count). The molecule has 180 valence electrons. The number of anilines is 1. The first kappa shape index (κ1) is 25.0. The van der Waals surface area contributed by atoms with Gasteiger partial charge in [-0.05, 0) is 71.4 Å². The van der Waals surface area contributed by atoms with Crippen molar-refractivity contribution in [3.8, 4) is 5.75 Å². The summed E-state index contributed by atoms with van der Waals surface area (Å²) in [5, 5.41) is 10.1. The molecule has 1 aliphatic rings. The van der Waals surface area contributed by atoms with Gasteiger partial charge in [-0.15, -0.1) is 11.3 Å². The number of para-hydroxylation sites is 1. The van der Waals surface area contributed by atoms with Crippen molar-refractivity contribution < 1.29 is 22.1 Å². The van der Waals surface area contributed by atoms with Gasteiger partial charge in [0.05, 0.1) is 20.6 Å². The van der Waals surface area contributed by atoms with Gasteiger partial charge in [-0.3, -0.25) is 8.98 Å². The van der Waals surface area contributed by atoms with Gasteiger partial charge in [0.2, 0.25) is 5.78 Å². The van der Waals surface area contributed by atoms with Crippen molar-refractivity contribution >= 4 is 55.8 Å². The number of nitrogens with two attached hydrogens (primary N) is 1. The summed E-state index contributed by atoms with van der Waals surface area (Å²) in [7, 11) is -3.95. The number of carbonyl (C=O) groups is 1. The average Bonchev–Trinajstić information content (AvgIpc) is 3.46. The van der Waals surface area contributed by atoms with Gasteiger partial charge < -0.3 is 10.1 Å². The molecule has 0 amide bonds. The molecule has 0 radical (unpaired) electrons. The van der Waals surface area contributed by atoms with E-state index in [1.54, 1.807) is 0 Å². The second-order valence-electron chi connectivity index (χ2n) is 7.95. The molecule has 2 heterocycles. The number of benzene rings is 1. The lowest BCUT2D eigenvalue weighted by Crippen LogP contribution is -2.22. The SMILES string of the molecule is NS(=O)(=O)OC[C@@H]1CC[C@H](Nc2ncncc2C(=O)c2cc(COc3ccccc3I)cs2)C1. The molecular formula is C22H23IN4O5S2. The van der Waals surface area contributed by atoms with E-state index >= 15 is 0 Å². The zero-order valence-electron chi connectivity index (χ0n) is 18.0. The average molecular weight is 614 g/mol. The third kappa shape index (κ3) is 6.72. The Bertz CT molecular complexity index is 1270. The number of nitrogens with zero attached hydrogens (tertiary/aromatic N) is 2. The minimum atomic E-state index is -3.95. The van der Waals surface area contributed by atoms with E-state index in [9.17, 15) is 13.2 Å². The van der Waals surface area contributed by atoms with Crippen molar-refractivity contribution in [2.45, 2.75) is 31.9 Å². The van der Waals surface area contributed by atoms with E-state index in [1.807, 2.05) is 35.7 Å². The molecule has 9 nitrogen and oxygen atoms in total. The molecule has 12 heteroatoms. The first-order valence-corrected chi connectivity index (χ1v) is 13.9. The van der Waals surface area contributed by atoms with E-state index in [2.05, 4.69) is 37.9 Å². The molecular weight excluding hydrogens is 591 g/mol. The highest BCUT2D eigenvalue weighted by molar-refractivity contribution is 14.1. The summed E-state index contributed by atoms with van der Waals surface area (Å²) >= 11 is 3.58. The zero-order valence-corrected chi connectivity index (χ0v) is 21.8. The van der Waals surface area contributed by atoms with E-state index in [0.717, 1.165) is 27.7 Å². The molecule has 0 unspecified atom stereocenters. The van der Waals surface area contributed by atoms with E-state index in [-0.39, 0.29) is 24.3 Å². The summed E-state index contributed by atoms with van der Waals surface area (Å²) in [5.74, 6) is 1.16. The predicted octanol–water partition coefficient (Wildman–Crippen LogP) is 3.75. The van der Waals surface area contributed by atoms with Gasteiger partial charge in [0, 0.05) is 17.8 Å². The third-order valence-corrected chi connectivity index (χ3v) is 7.75. The van der Waals surface area contributed by atoms with E-state index < -0.39 is 10.3 Å². The van der Waals surface area contributed by atoms with Gasteiger partial charge in [-0.2, -0.15) is 8.42 Å². The van der Waals surface area contributed by atoms with Gasteiger partial charge in [0.15, 0.2) is 0 Å². The fourth-order valence-corrected chi connectivity index (χ4v) is 5.55.